The molecule has 0 spiro atoms. The minimum atomic E-state index is -0.700. The highest BCUT2D eigenvalue weighted by molar-refractivity contribution is 6.35. The third-order valence-electron chi connectivity index (χ3n) is 6.21. The lowest BCUT2D eigenvalue weighted by Gasteiger charge is -2.42. The number of hydrogen-bond donors (Lipinski definition) is 0. The first-order valence-electron chi connectivity index (χ1n) is 10.0. The third kappa shape index (κ3) is 3.75. The van der Waals surface area contributed by atoms with E-state index in [1.54, 1.807) is 26.4 Å². The number of rotatable bonds is 4. The quantitative estimate of drug-likeness (QED) is 0.681. The number of amides is 1. The number of ether oxygens (including phenoxy) is 3. The van der Waals surface area contributed by atoms with Gasteiger partial charge in [0.15, 0.2) is 11.5 Å². The zero-order chi connectivity index (χ0) is 21.3. The Bertz CT molecular complexity index is 956. The summed E-state index contributed by atoms with van der Waals surface area (Å²) in [6.07, 6.45) is 1.97. The van der Waals surface area contributed by atoms with E-state index in [1.807, 2.05) is 23.1 Å². The molecule has 0 aromatic heterocycles. The number of benzene rings is 2. The molecule has 0 saturated carbocycles. The maximum atomic E-state index is 13.9. The van der Waals surface area contributed by atoms with Crippen LogP contribution in [0.15, 0.2) is 30.3 Å². The van der Waals surface area contributed by atoms with Crippen molar-refractivity contribution in [3.63, 3.8) is 0 Å². The molecule has 160 valence electrons. The first kappa shape index (κ1) is 21.3. The lowest BCUT2D eigenvalue weighted by atomic mass is 9.72. The molecule has 2 heterocycles. The summed E-state index contributed by atoms with van der Waals surface area (Å²) in [4.78, 5) is 15.9. The smallest absolute Gasteiger partial charge is 0.233 e. The number of nitrogens with zero attached hydrogens (tertiary/aromatic N) is 1. The van der Waals surface area contributed by atoms with Gasteiger partial charge < -0.3 is 19.1 Å². The molecule has 0 unspecified atom stereocenters. The molecular weight excluding hydrogens is 425 g/mol. The molecule has 0 radical (unpaired) electrons. The number of hydrogen-bond acceptors (Lipinski definition) is 4. The Kier molecular flexibility index (Phi) is 6.14. The van der Waals surface area contributed by atoms with Crippen LogP contribution < -0.4 is 9.47 Å². The van der Waals surface area contributed by atoms with Crippen molar-refractivity contribution >= 4 is 29.1 Å². The van der Waals surface area contributed by atoms with E-state index in [0.717, 1.165) is 17.5 Å². The molecule has 4 rings (SSSR count). The van der Waals surface area contributed by atoms with Crippen LogP contribution in [0, 0.1) is 0 Å². The van der Waals surface area contributed by atoms with Crippen molar-refractivity contribution in [2.45, 2.75) is 31.2 Å². The van der Waals surface area contributed by atoms with Gasteiger partial charge in [-0.2, -0.15) is 0 Å². The van der Waals surface area contributed by atoms with Crippen LogP contribution in [0.2, 0.25) is 10.0 Å². The zero-order valence-electron chi connectivity index (χ0n) is 17.2. The monoisotopic (exact) mass is 449 g/mol. The maximum Gasteiger partial charge on any atom is 0.233 e. The van der Waals surface area contributed by atoms with Gasteiger partial charge >= 0.3 is 0 Å². The molecule has 2 aromatic carbocycles. The Morgan fingerprint density at radius 1 is 1.03 bits per heavy atom. The Balaban J connectivity index is 1.68. The van der Waals surface area contributed by atoms with Crippen LogP contribution in [-0.2, 0) is 27.9 Å². The highest BCUT2D eigenvalue weighted by atomic mass is 35.5. The van der Waals surface area contributed by atoms with Gasteiger partial charge in [0.2, 0.25) is 5.91 Å². The van der Waals surface area contributed by atoms with Crippen LogP contribution in [0.1, 0.15) is 29.5 Å². The Hall–Kier alpha value is -1.95. The molecular formula is C23H25Cl2NO4. The van der Waals surface area contributed by atoms with E-state index in [4.69, 9.17) is 37.4 Å². The van der Waals surface area contributed by atoms with E-state index >= 15 is 0 Å². The summed E-state index contributed by atoms with van der Waals surface area (Å²) in [7, 11) is 3.25. The van der Waals surface area contributed by atoms with Gasteiger partial charge in [0, 0.05) is 36.3 Å². The Morgan fingerprint density at radius 2 is 1.70 bits per heavy atom. The molecule has 2 aliphatic heterocycles. The van der Waals surface area contributed by atoms with E-state index in [1.165, 1.54) is 5.56 Å². The van der Waals surface area contributed by atoms with Gasteiger partial charge in [0.25, 0.3) is 0 Å². The molecule has 1 amide bonds. The summed E-state index contributed by atoms with van der Waals surface area (Å²) in [5.74, 6) is 1.48. The minimum absolute atomic E-state index is 0.0930. The van der Waals surface area contributed by atoms with E-state index < -0.39 is 5.41 Å². The van der Waals surface area contributed by atoms with Crippen molar-refractivity contribution in [1.29, 1.82) is 0 Å². The number of carbonyl (C=O) groups is 1. The van der Waals surface area contributed by atoms with Crippen molar-refractivity contribution in [3.05, 3.63) is 57.1 Å². The van der Waals surface area contributed by atoms with Crippen LogP contribution >= 0.6 is 23.2 Å². The second kappa shape index (κ2) is 8.66. The van der Waals surface area contributed by atoms with Gasteiger partial charge in [-0.25, -0.2) is 0 Å². The van der Waals surface area contributed by atoms with Gasteiger partial charge in [-0.1, -0.05) is 29.3 Å². The first-order chi connectivity index (χ1) is 14.5. The fourth-order valence-electron chi connectivity index (χ4n) is 4.56. The average molecular weight is 450 g/mol. The normalized spacial score (nSPS) is 17.9. The predicted octanol–water partition coefficient (Wildman–Crippen LogP) is 4.64. The standard InChI is InChI=1S/C23H25Cl2NO4/c1-28-20-11-15-5-8-26(14-16(15)12-21(20)29-2)22(27)23(6-9-30-10-7-23)18-4-3-17(24)13-19(18)25/h3-4,11-13H,5-10,14H2,1-2H3. The summed E-state index contributed by atoms with van der Waals surface area (Å²) >= 11 is 12.7. The highest BCUT2D eigenvalue weighted by Crippen LogP contribution is 2.42. The van der Waals surface area contributed by atoms with Crippen molar-refractivity contribution in [2.24, 2.45) is 0 Å². The predicted molar refractivity (Wildman–Crippen MR) is 117 cm³/mol. The van der Waals surface area contributed by atoms with Gasteiger partial charge in [0.05, 0.1) is 19.6 Å². The van der Waals surface area contributed by atoms with Crippen molar-refractivity contribution in [3.8, 4) is 11.5 Å². The van der Waals surface area contributed by atoms with E-state index in [9.17, 15) is 4.79 Å². The molecule has 1 saturated heterocycles. The first-order valence-corrected chi connectivity index (χ1v) is 10.8. The minimum Gasteiger partial charge on any atom is -0.493 e. The van der Waals surface area contributed by atoms with Crippen molar-refractivity contribution < 1.29 is 19.0 Å². The fraction of sp³-hybridized carbons (Fsp3) is 0.435. The Labute approximate surface area is 186 Å². The van der Waals surface area contributed by atoms with Gasteiger partial charge in [0.1, 0.15) is 0 Å². The zero-order valence-corrected chi connectivity index (χ0v) is 18.7. The summed E-state index contributed by atoms with van der Waals surface area (Å²) in [5.41, 5.74) is 2.40. The average Bonchev–Trinajstić information content (AvgIpc) is 2.77. The second-order valence-corrected chi connectivity index (χ2v) is 8.61. The van der Waals surface area contributed by atoms with Crippen LogP contribution in [-0.4, -0.2) is 44.8 Å². The third-order valence-corrected chi connectivity index (χ3v) is 6.76. The highest BCUT2D eigenvalue weighted by Gasteiger charge is 2.45. The molecule has 2 aromatic rings. The summed E-state index contributed by atoms with van der Waals surface area (Å²) in [6.45, 7) is 2.23. The molecule has 0 N–H and O–H groups in total. The van der Waals surface area contributed by atoms with Gasteiger partial charge in [-0.3, -0.25) is 4.79 Å². The van der Waals surface area contributed by atoms with Crippen LogP contribution in [0.3, 0.4) is 0 Å². The molecule has 2 aliphatic rings. The molecule has 0 bridgehead atoms. The molecule has 5 nitrogen and oxygen atoms in total. The summed E-state index contributed by atoms with van der Waals surface area (Å²) in [6, 6.07) is 9.39. The van der Waals surface area contributed by atoms with Crippen LogP contribution in [0.4, 0.5) is 0 Å². The lowest BCUT2D eigenvalue weighted by molar-refractivity contribution is -0.142. The van der Waals surface area contributed by atoms with Crippen molar-refractivity contribution in [1.82, 2.24) is 4.90 Å². The second-order valence-electron chi connectivity index (χ2n) is 7.77. The SMILES string of the molecule is COc1cc2c(cc1OC)CN(C(=O)C1(c3ccc(Cl)cc3Cl)CCOCC1)CC2. The summed E-state index contributed by atoms with van der Waals surface area (Å²) in [5, 5.41) is 1.09. The molecule has 1 fully saturated rings. The van der Waals surface area contributed by atoms with E-state index in [0.29, 0.717) is 60.7 Å². The summed E-state index contributed by atoms with van der Waals surface area (Å²) < 4.78 is 16.5. The molecule has 0 atom stereocenters. The van der Waals surface area contributed by atoms with Crippen LogP contribution in [0.5, 0.6) is 11.5 Å². The molecule has 0 aliphatic carbocycles. The lowest BCUT2D eigenvalue weighted by Crippen LogP contribution is -2.51. The van der Waals surface area contributed by atoms with Crippen molar-refractivity contribution in [2.75, 3.05) is 34.0 Å². The fourth-order valence-corrected chi connectivity index (χ4v) is 5.14. The Morgan fingerprint density at radius 3 is 2.33 bits per heavy atom. The number of halogens is 2. The molecule has 7 heteroatoms. The largest absolute Gasteiger partial charge is 0.493 e. The topological polar surface area (TPSA) is 48.0 Å². The number of methoxy groups -OCH3 is 2. The molecule has 30 heavy (non-hydrogen) atoms. The van der Waals surface area contributed by atoms with Gasteiger partial charge in [-0.15, -0.1) is 0 Å². The van der Waals surface area contributed by atoms with E-state index in [-0.39, 0.29) is 5.91 Å². The van der Waals surface area contributed by atoms with E-state index in [2.05, 4.69) is 0 Å². The van der Waals surface area contributed by atoms with Crippen LogP contribution in [0.25, 0.3) is 0 Å². The maximum absolute atomic E-state index is 13.9. The van der Waals surface area contributed by atoms with Gasteiger partial charge in [-0.05, 0) is 60.2 Å². The number of carbonyl (C=O) groups excluding carboxylic acids is 1. The number of fused-ring (bicyclic) bond motifs is 1.